The van der Waals surface area contributed by atoms with Crippen molar-refractivity contribution >= 4 is 0 Å². The monoisotopic (exact) mass is 317 g/mol. The SMILES string of the molecule is CC(O)(CNCc1ccc(F)c(C(F)(F)F)c1)c1ccco1. The van der Waals surface area contributed by atoms with Crippen LogP contribution in [0.4, 0.5) is 17.6 Å². The zero-order valence-corrected chi connectivity index (χ0v) is 11.7. The lowest BCUT2D eigenvalue weighted by molar-refractivity contribution is -0.140. The molecule has 7 heteroatoms. The predicted molar refractivity (Wildman–Crippen MR) is 71.4 cm³/mol. The second-order valence-corrected chi connectivity index (χ2v) is 5.17. The molecule has 1 aromatic heterocycles. The Morgan fingerprint density at radius 3 is 2.55 bits per heavy atom. The minimum Gasteiger partial charge on any atom is -0.466 e. The van der Waals surface area contributed by atoms with Crippen LogP contribution in [0.1, 0.15) is 23.8 Å². The van der Waals surface area contributed by atoms with Crippen LogP contribution < -0.4 is 5.32 Å². The standard InChI is InChI=1S/C15H15F4NO2/c1-14(21,13-3-2-6-22-13)9-20-8-10-4-5-12(16)11(7-10)15(17,18)19/h2-7,20-21H,8-9H2,1H3. The smallest absolute Gasteiger partial charge is 0.419 e. The molecule has 2 rings (SSSR count). The van der Waals surface area contributed by atoms with Crippen LogP contribution in [0.25, 0.3) is 0 Å². The molecule has 0 amide bonds. The van der Waals surface area contributed by atoms with Gasteiger partial charge in [0.05, 0.1) is 11.8 Å². The van der Waals surface area contributed by atoms with Crippen molar-refractivity contribution < 1.29 is 27.1 Å². The predicted octanol–water partition coefficient (Wildman–Crippen LogP) is 3.43. The molecule has 3 nitrogen and oxygen atoms in total. The molecule has 0 radical (unpaired) electrons. The molecule has 0 spiro atoms. The Kier molecular flexibility index (Phi) is 4.58. The Labute approximate surface area is 124 Å². The van der Waals surface area contributed by atoms with Crippen LogP contribution in [0.2, 0.25) is 0 Å². The third-order valence-corrected chi connectivity index (χ3v) is 3.19. The number of aliphatic hydroxyl groups is 1. The molecule has 0 aliphatic heterocycles. The maximum Gasteiger partial charge on any atom is 0.419 e. The van der Waals surface area contributed by atoms with Gasteiger partial charge in [-0.05, 0) is 36.8 Å². The van der Waals surface area contributed by atoms with Gasteiger partial charge in [0.1, 0.15) is 17.2 Å². The molecule has 0 saturated carbocycles. The summed E-state index contributed by atoms with van der Waals surface area (Å²) in [6, 6.07) is 6.02. The van der Waals surface area contributed by atoms with Gasteiger partial charge in [-0.2, -0.15) is 13.2 Å². The van der Waals surface area contributed by atoms with Crippen LogP contribution in [0.5, 0.6) is 0 Å². The van der Waals surface area contributed by atoms with Gasteiger partial charge in [0, 0.05) is 13.1 Å². The topological polar surface area (TPSA) is 45.4 Å². The number of hydrogen-bond acceptors (Lipinski definition) is 3. The molecule has 0 saturated heterocycles. The van der Waals surface area contributed by atoms with Crippen molar-refractivity contribution in [2.45, 2.75) is 25.2 Å². The summed E-state index contributed by atoms with van der Waals surface area (Å²) in [5.41, 5.74) is -2.33. The van der Waals surface area contributed by atoms with Crippen LogP contribution in [-0.2, 0) is 18.3 Å². The highest BCUT2D eigenvalue weighted by molar-refractivity contribution is 5.27. The number of benzene rings is 1. The van der Waals surface area contributed by atoms with E-state index in [0.717, 1.165) is 12.1 Å². The number of furan rings is 1. The van der Waals surface area contributed by atoms with E-state index in [1.165, 1.54) is 19.3 Å². The molecular formula is C15H15F4NO2. The van der Waals surface area contributed by atoms with E-state index in [0.29, 0.717) is 5.76 Å². The number of alkyl halides is 3. The molecule has 2 aromatic rings. The summed E-state index contributed by atoms with van der Waals surface area (Å²) in [6.45, 7) is 1.64. The molecule has 22 heavy (non-hydrogen) atoms. The van der Waals surface area contributed by atoms with Gasteiger partial charge in [0.15, 0.2) is 0 Å². The number of nitrogens with one attached hydrogen (secondary N) is 1. The van der Waals surface area contributed by atoms with E-state index in [-0.39, 0.29) is 18.7 Å². The van der Waals surface area contributed by atoms with E-state index in [4.69, 9.17) is 4.42 Å². The van der Waals surface area contributed by atoms with Crippen molar-refractivity contribution in [3.8, 4) is 0 Å². The Morgan fingerprint density at radius 1 is 1.23 bits per heavy atom. The average Bonchev–Trinajstić information content (AvgIpc) is 2.94. The van der Waals surface area contributed by atoms with Crippen LogP contribution in [0, 0.1) is 5.82 Å². The van der Waals surface area contributed by atoms with Gasteiger partial charge in [-0.25, -0.2) is 4.39 Å². The number of hydrogen-bond donors (Lipinski definition) is 2. The molecule has 1 unspecified atom stereocenters. The number of halogens is 4. The van der Waals surface area contributed by atoms with E-state index in [2.05, 4.69) is 5.32 Å². The van der Waals surface area contributed by atoms with Gasteiger partial charge < -0.3 is 14.8 Å². The molecule has 1 atom stereocenters. The molecular weight excluding hydrogens is 302 g/mol. The first-order chi connectivity index (χ1) is 10.2. The van der Waals surface area contributed by atoms with Crippen molar-refractivity contribution in [3.63, 3.8) is 0 Å². The minimum atomic E-state index is -4.74. The fraction of sp³-hybridized carbons (Fsp3) is 0.333. The zero-order valence-electron chi connectivity index (χ0n) is 11.7. The summed E-state index contributed by atoms with van der Waals surface area (Å²) in [6.07, 6.45) is -3.32. The van der Waals surface area contributed by atoms with Gasteiger partial charge in [0.2, 0.25) is 0 Å². The summed E-state index contributed by atoms with van der Waals surface area (Å²) in [4.78, 5) is 0. The largest absolute Gasteiger partial charge is 0.466 e. The third kappa shape index (κ3) is 3.86. The van der Waals surface area contributed by atoms with Gasteiger partial charge in [0.25, 0.3) is 0 Å². The van der Waals surface area contributed by atoms with Crippen LogP contribution in [-0.4, -0.2) is 11.7 Å². The van der Waals surface area contributed by atoms with Crippen LogP contribution >= 0.6 is 0 Å². The lowest BCUT2D eigenvalue weighted by atomic mass is 10.0. The maximum atomic E-state index is 13.2. The number of rotatable bonds is 5. The van der Waals surface area contributed by atoms with E-state index in [9.17, 15) is 22.7 Å². The summed E-state index contributed by atoms with van der Waals surface area (Å²) < 4.78 is 56.1. The molecule has 0 fully saturated rings. The van der Waals surface area contributed by atoms with Crippen molar-refractivity contribution in [1.29, 1.82) is 0 Å². The first-order valence-corrected chi connectivity index (χ1v) is 6.53. The Morgan fingerprint density at radius 2 is 1.95 bits per heavy atom. The van der Waals surface area contributed by atoms with Crippen molar-refractivity contribution in [3.05, 3.63) is 59.3 Å². The average molecular weight is 317 g/mol. The van der Waals surface area contributed by atoms with E-state index in [1.54, 1.807) is 12.1 Å². The third-order valence-electron chi connectivity index (χ3n) is 3.19. The summed E-state index contributed by atoms with van der Waals surface area (Å²) in [5, 5.41) is 13.0. The van der Waals surface area contributed by atoms with E-state index < -0.39 is 23.2 Å². The summed E-state index contributed by atoms with van der Waals surface area (Å²) in [7, 11) is 0. The van der Waals surface area contributed by atoms with Crippen LogP contribution in [0.3, 0.4) is 0 Å². The van der Waals surface area contributed by atoms with Crippen molar-refractivity contribution in [1.82, 2.24) is 5.32 Å². The van der Waals surface area contributed by atoms with E-state index >= 15 is 0 Å². The first kappa shape index (κ1) is 16.5. The lowest BCUT2D eigenvalue weighted by Crippen LogP contribution is -2.34. The maximum absolute atomic E-state index is 13.2. The van der Waals surface area contributed by atoms with Crippen LogP contribution in [0.15, 0.2) is 41.0 Å². The molecule has 0 bridgehead atoms. The van der Waals surface area contributed by atoms with Gasteiger partial charge in [-0.3, -0.25) is 0 Å². The molecule has 0 aliphatic carbocycles. The quantitative estimate of drug-likeness (QED) is 0.831. The molecule has 2 N–H and O–H groups in total. The molecule has 0 aliphatic rings. The highest BCUT2D eigenvalue weighted by atomic mass is 19.4. The van der Waals surface area contributed by atoms with Gasteiger partial charge in [-0.1, -0.05) is 6.07 Å². The molecule has 120 valence electrons. The lowest BCUT2D eigenvalue weighted by Gasteiger charge is -2.21. The molecule has 1 aromatic carbocycles. The first-order valence-electron chi connectivity index (χ1n) is 6.53. The fourth-order valence-electron chi connectivity index (χ4n) is 2.02. The van der Waals surface area contributed by atoms with Crippen molar-refractivity contribution in [2.75, 3.05) is 6.54 Å². The second-order valence-electron chi connectivity index (χ2n) is 5.17. The fourth-order valence-corrected chi connectivity index (χ4v) is 2.02. The summed E-state index contributed by atoms with van der Waals surface area (Å²) >= 11 is 0. The minimum absolute atomic E-state index is 0.0558. The van der Waals surface area contributed by atoms with Crippen molar-refractivity contribution in [2.24, 2.45) is 0 Å². The highest BCUT2D eigenvalue weighted by Gasteiger charge is 2.34. The Hall–Kier alpha value is -1.86. The second kappa shape index (κ2) is 6.10. The normalized spacial score (nSPS) is 14.8. The zero-order chi connectivity index (χ0) is 16.4. The van der Waals surface area contributed by atoms with Gasteiger partial charge in [-0.15, -0.1) is 0 Å². The highest BCUT2D eigenvalue weighted by Crippen LogP contribution is 2.31. The Balaban J connectivity index is 2.01. The van der Waals surface area contributed by atoms with Gasteiger partial charge >= 0.3 is 6.18 Å². The molecule has 1 heterocycles. The summed E-state index contributed by atoms with van der Waals surface area (Å²) in [5.74, 6) is -0.964. The Bertz CT molecular complexity index is 621. The van der Waals surface area contributed by atoms with E-state index in [1.807, 2.05) is 0 Å².